The van der Waals surface area contributed by atoms with Gasteiger partial charge in [0.2, 0.25) is 0 Å². The van der Waals surface area contributed by atoms with E-state index in [9.17, 15) is 19.8 Å². The molecular weight excluding hydrogens is 396 g/mol. The number of carbonyl (C=O) groups excluding carboxylic acids is 2. The van der Waals surface area contributed by atoms with Crippen LogP contribution in [0.5, 0.6) is 0 Å². The Kier molecular flexibility index (Phi) is 6.75. The van der Waals surface area contributed by atoms with Crippen molar-refractivity contribution in [3.05, 3.63) is 0 Å². The molecule has 2 aliphatic rings. The first kappa shape index (κ1) is 26.1. The van der Waals surface area contributed by atoms with Crippen LogP contribution in [0.4, 0.5) is 0 Å². The van der Waals surface area contributed by atoms with Crippen LogP contribution in [0.2, 0.25) is 0 Å². The van der Waals surface area contributed by atoms with Crippen LogP contribution in [-0.2, 0) is 19.1 Å². The zero-order valence-electron chi connectivity index (χ0n) is 21.1. The number of ether oxygens (including phenoxy) is 2. The van der Waals surface area contributed by atoms with Gasteiger partial charge in [-0.1, -0.05) is 41.5 Å². The van der Waals surface area contributed by atoms with E-state index in [4.69, 9.17) is 9.47 Å². The lowest BCUT2D eigenvalue weighted by Gasteiger charge is -2.53. The molecule has 31 heavy (non-hydrogen) atoms. The third-order valence-corrected chi connectivity index (χ3v) is 7.20. The predicted octanol–water partition coefficient (Wildman–Crippen LogP) is 4.40. The minimum atomic E-state index is -1.05. The first-order chi connectivity index (χ1) is 13.7. The van der Waals surface area contributed by atoms with Crippen LogP contribution < -0.4 is 0 Å². The molecule has 2 rings (SSSR count). The Hall–Kier alpha value is -1.14. The van der Waals surface area contributed by atoms with Crippen molar-refractivity contribution < 1.29 is 29.3 Å². The fourth-order valence-electron chi connectivity index (χ4n) is 6.11. The lowest BCUT2D eigenvalue weighted by molar-refractivity contribution is -0.204. The summed E-state index contributed by atoms with van der Waals surface area (Å²) in [6, 6.07) is 0. The molecule has 6 heteroatoms. The van der Waals surface area contributed by atoms with Gasteiger partial charge in [-0.3, -0.25) is 4.79 Å². The van der Waals surface area contributed by atoms with Crippen LogP contribution in [0, 0.1) is 22.2 Å². The maximum Gasteiger partial charge on any atom is 0.344 e. The molecule has 0 spiro atoms. The van der Waals surface area contributed by atoms with Crippen molar-refractivity contribution in [2.75, 3.05) is 6.61 Å². The molecule has 5 atom stereocenters. The summed E-state index contributed by atoms with van der Waals surface area (Å²) in [4.78, 5) is 25.7. The first-order valence-electron chi connectivity index (χ1n) is 11.5. The van der Waals surface area contributed by atoms with Crippen molar-refractivity contribution in [3.8, 4) is 0 Å². The van der Waals surface area contributed by atoms with Crippen molar-refractivity contribution in [2.24, 2.45) is 22.2 Å². The summed E-state index contributed by atoms with van der Waals surface area (Å²) in [6.45, 7) is 17.3. The van der Waals surface area contributed by atoms with Gasteiger partial charge >= 0.3 is 11.9 Å². The van der Waals surface area contributed by atoms with Gasteiger partial charge in [-0.05, 0) is 63.2 Å². The monoisotopic (exact) mass is 440 g/mol. The molecule has 180 valence electrons. The number of carbonyl (C=O) groups is 2. The highest BCUT2D eigenvalue weighted by atomic mass is 16.6. The van der Waals surface area contributed by atoms with E-state index < -0.39 is 40.8 Å². The fraction of sp³-hybridized carbons (Fsp3) is 0.920. The van der Waals surface area contributed by atoms with Crippen LogP contribution in [-0.4, -0.2) is 45.6 Å². The van der Waals surface area contributed by atoms with Crippen molar-refractivity contribution in [1.82, 2.24) is 0 Å². The summed E-state index contributed by atoms with van der Waals surface area (Å²) in [5, 5.41) is 21.4. The summed E-state index contributed by atoms with van der Waals surface area (Å²) in [7, 11) is 0. The summed E-state index contributed by atoms with van der Waals surface area (Å²) in [5.41, 5.74) is -3.95. The van der Waals surface area contributed by atoms with Crippen LogP contribution >= 0.6 is 0 Å². The van der Waals surface area contributed by atoms with E-state index in [1.54, 1.807) is 6.92 Å². The van der Waals surface area contributed by atoms with E-state index in [1.807, 2.05) is 34.6 Å². The average Bonchev–Trinajstić information content (AvgIpc) is 2.45. The zero-order valence-corrected chi connectivity index (χ0v) is 21.1. The van der Waals surface area contributed by atoms with Crippen molar-refractivity contribution in [3.63, 3.8) is 0 Å². The van der Waals surface area contributed by atoms with Crippen LogP contribution in [0.3, 0.4) is 0 Å². The van der Waals surface area contributed by atoms with Gasteiger partial charge in [0, 0.05) is 12.8 Å². The van der Waals surface area contributed by atoms with Gasteiger partial charge in [0.05, 0.1) is 16.6 Å². The maximum atomic E-state index is 13.1. The Labute approximate surface area is 188 Å². The smallest absolute Gasteiger partial charge is 0.344 e. The van der Waals surface area contributed by atoms with Gasteiger partial charge in [0.25, 0.3) is 0 Å². The fourth-order valence-corrected chi connectivity index (χ4v) is 6.11. The first-order valence-corrected chi connectivity index (χ1v) is 11.5. The van der Waals surface area contributed by atoms with Gasteiger partial charge in [0.15, 0.2) is 6.61 Å². The normalized spacial score (nSPS) is 35.8. The Balaban J connectivity index is 2.02. The third-order valence-electron chi connectivity index (χ3n) is 7.20. The molecule has 0 aromatic rings. The van der Waals surface area contributed by atoms with Gasteiger partial charge < -0.3 is 19.7 Å². The minimum Gasteiger partial charge on any atom is -0.457 e. The molecule has 2 N–H and O–H groups in total. The molecule has 6 nitrogen and oxygen atoms in total. The van der Waals surface area contributed by atoms with E-state index in [1.165, 1.54) is 0 Å². The quantitative estimate of drug-likeness (QED) is 0.616. The zero-order chi connectivity index (χ0) is 24.1. The van der Waals surface area contributed by atoms with Crippen molar-refractivity contribution >= 4 is 11.9 Å². The predicted molar refractivity (Wildman–Crippen MR) is 119 cm³/mol. The molecule has 0 saturated heterocycles. The largest absolute Gasteiger partial charge is 0.457 e. The number of hydrogen-bond acceptors (Lipinski definition) is 6. The van der Waals surface area contributed by atoms with E-state index in [0.29, 0.717) is 25.7 Å². The molecule has 2 saturated carbocycles. The van der Waals surface area contributed by atoms with Gasteiger partial charge in [-0.25, -0.2) is 4.79 Å². The molecule has 0 aromatic carbocycles. The summed E-state index contributed by atoms with van der Waals surface area (Å²) >= 11 is 0. The Morgan fingerprint density at radius 2 is 1.52 bits per heavy atom. The molecular formula is C25H44O6. The number of aliphatic hydroxyl groups is 2. The number of fused-ring (bicyclic) bond motifs is 2. The lowest BCUT2D eigenvalue weighted by atomic mass is 9.60. The molecule has 0 heterocycles. The number of hydrogen-bond donors (Lipinski definition) is 2. The minimum absolute atomic E-state index is 0.0778. The van der Waals surface area contributed by atoms with Crippen molar-refractivity contribution in [1.29, 1.82) is 0 Å². The third kappa shape index (κ3) is 6.44. The second-order valence-electron chi connectivity index (χ2n) is 13.4. The summed E-state index contributed by atoms with van der Waals surface area (Å²) < 4.78 is 11.2. The lowest BCUT2D eigenvalue weighted by Crippen LogP contribution is -2.57. The SMILES string of the molecule is CC(C)(C)CC(C)(C(=O)OCC(=O)OC1(C)CC2CC(C)(O)CC(O)(C2)C1)C(C)(C)C. The Bertz CT molecular complexity index is 698. The van der Waals surface area contributed by atoms with E-state index in [-0.39, 0.29) is 29.6 Å². The highest BCUT2D eigenvalue weighted by Gasteiger charge is 2.54. The van der Waals surface area contributed by atoms with Crippen LogP contribution in [0.15, 0.2) is 0 Å². The summed E-state index contributed by atoms with van der Waals surface area (Å²) in [6.07, 6.45) is 2.94. The van der Waals surface area contributed by atoms with Crippen molar-refractivity contribution in [2.45, 2.75) is 118 Å². The topological polar surface area (TPSA) is 93.1 Å². The molecule has 0 aromatic heterocycles. The van der Waals surface area contributed by atoms with E-state index >= 15 is 0 Å². The van der Waals surface area contributed by atoms with Crippen LogP contribution in [0.25, 0.3) is 0 Å². The molecule has 0 aliphatic heterocycles. The second kappa shape index (κ2) is 8.02. The molecule has 2 aliphatic carbocycles. The van der Waals surface area contributed by atoms with Gasteiger partial charge in [0.1, 0.15) is 5.60 Å². The van der Waals surface area contributed by atoms with Crippen LogP contribution in [0.1, 0.15) is 101 Å². The van der Waals surface area contributed by atoms with E-state index in [0.717, 1.165) is 0 Å². The number of esters is 2. The van der Waals surface area contributed by atoms with E-state index in [2.05, 4.69) is 20.8 Å². The highest BCUT2D eigenvalue weighted by Crippen LogP contribution is 2.51. The second-order valence-corrected chi connectivity index (χ2v) is 13.4. The summed E-state index contributed by atoms with van der Waals surface area (Å²) in [5.74, 6) is -0.913. The van der Waals surface area contributed by atoms with Gasteiger partial charge in [-0.15, -0.1) is 0 Å². The molecule has 2 bridgehead atoms. The molecule has 2 fully saturated rings. The standard InChI is InChI=1S/C25H44O6/c1-20(2,3)14-24(9,21(4,5)6)19(27)30-13-18(26)31-23(8)11-17-10-22(7,28)15-25(29,12-17)16-23/h17,28-29H,10-16H2,1-9H3. The highest BCUT2D eigenvalue weighted by molar-refractivity contribution is 5.81. The average molecular weight is 441 g/mol. The molecule has 5 unspecified atom stereocenters. The molecule has 0 radical (unpaired) electrons. The Morgan fingerprint density at radius 1 is 0.935 bits per heavy atom. The Morgan fingerprint density at radius 3 is 2.00 bits per heavy atom. The van der Waals surface area contributed by atoms with Gasteiger partial charge in [-0.2, -0.15) is 0 Å². The number of rotatable bonds is 5. The molecule has 0 amide bonds. The maximum absolute atomic E-state index is 13.1.